The molecule has 1 aliphatic carbocycles. The summed E-state index contributed by atoms with van der Waals surface area (Å²) in [6.07, 6.45) is 17.6. The summed E-state index contributed by atoms with van der Waals surface area (Å²) in [6.45, 7) is 21.6. The summed E-state index contributed by atoms with van der Waals surface area (Å²) in [6, 6.07) is 10.0. The van der Waals surface area contributed by atoms with Gasteiger partial charge >= 0.3 is 0 Å². The fourth-order valence-electron chi connectivity index (χ4n) is 3.53. The minimum Gasteiger partial charge on any atom is -0.272 e. The van der Waals surface area contributed by atoms with Gasteiger partial charge in [0.2, 0.25) is 0 Å². The molecule has 1 aromatic rings. The Kier molecular flexibility index (Phi) is 17.1. The van der Waals surface area contributed by atoms with Crippen molar-refractivity contribution in [3.05, 3.63) is 79.1 Å². The van der Waals surface area contributed by atoms with Gasteiger partial charge in [-0.3, -0.25) is 4.74 Å². The quantitative estimate of drug-likeness (QED) is 0.153. The number of rotatable bonds is 12. The van der Waals surface area contributed by atoms with Gasteiger partial charge in [0.25, 0.3) is 0 Å². The summed E-state index contributed by atoms with van der Waals surface area (Å²) in [5.74, 6) is 2.38. The molecule has 0 heterocycles. The Hall–Kier alpha value is -0.876. The Morgan fingerprint density at radius 1 is 0.909 bits per heavy atom. The van der Waals surface area contributed by atoms with Crippen LogP contribution in [-0.2, 0) is 21.7 Å². The minimum absolute atomic E-state index is 0. The maximum absolute atomic E-state index is 5.43. The standard InChI is InChI=1S/C20H38NP.C10H10.Ti/c1-17(2)11-14-22(15-12-18(3)4,16-13-19(5)6)21-20-9-7-8-10-20;1-3-9(2)10-7-5-4-6-8-10;/h7-9,17-19H,10-16H2,1-6H3;3-8H,1-2H2;. The summed E-state index contributed by atoms with van der Waals surface area (Å²) < 4.78 is 5.43. The van der Waals surface area contributed by atoms with E-state index < -0.39 is 7.05 Å². The fraction of sp³-hybridized carbons (Fsp3) is 0.533. The SMILES string of the molecule is C=CC(=C)c1ccccc1.CC(C)CCP(CCC(C)C)(CCC(C)C)=NC1=CC=CC1.[Ti]. The number of benzene rings is 1. The van der Waals surface area contributed by atoms with Gasteiger partial charge in [-0.1, -0.05) is 103 Å². The van der Waals surface area contributed by atoms with E-state index >= 15 is 0 Å². The van der Waals surface area contributed by atoms with Crippen molar-refractivity contribution in [1.29, 1.82) is 0 Å². The van der Waals surface area contributed by atoms with Crippen LogP contribution < -0.4 is 0 Å². The molecule has 0 N–H and O–H groups in total. The molecule has 0 aliphatic heterocycles. The molecule has 0 saturated heterocycles. The van der Waals surface area contributed by atoms with Crippen molar-refractivity contribution < 1.29 is 21.7 Å². The van der Waals surface area contributed by atoms with Gasteiger partial charge in [0.05, 0.1) is 0 Å². The van der Waals surface area contributed by atoms with Gasteiger partial charge < -0.3 is 0 Å². The monoisotopic (exact) mass is 501 g/mol. The van der Waals surface area contributed by atoms with E-state index in [2.05, 4.69) is 72.9 Å². The Labute approximate surface area is 220 Å². The molecule has 0 spiro atoms. The molecular weight excluding hydrogens is 453 g/mol. The molecule has 1 nitrogen and oxygen atoms in total. The Morgan fingerprint density at radius 3 is 1.76 bits per heavy atom. The molecular formula is C30H48NPTi. The third-order valence-corrected chi connectivity index (χ3v) is 9.80. The van der Waals surface area contributed by atoms with Crippen LogP contribution in [-0.4, -0.2) is 18.5 Å². The van der Waals surface area contributed by atoms with Crippen molar-refractivity contribution in [2.24, 2.45) is 22.5 Å². The van der Waals surface area contributed by atoms with Crippen LogP contribution in [0.3, 0.4) is 0 Å². The van der Waals surface area contributed by atoms with Crippen molar-refractivity contribution in [2.45, 2.75) is 67.2 Å². The van der Waals surface area contributed by atoms with E-state index in [1.54, 1.807) is 6.08 Å². The van der Waals surface area contributed by atoms with E-state index in [9.17, 15) is 0 Å². The largest absolute Gasteiger partial charge is 0.272 e. The molecule has 0 bridgehead atoms. The molecule has 1 aromatic carbocycles. The zero-order valence-corrected chi connectivity index (χ0v) is 24.6. The number of nitrogens with zero attached hydrogens (tertiary/aromatic N) is 1. The van der Waals surface area contributed by atoms with Crippen molar-refractivity contribution in [3.8, 4) is 0 Å². The molecule has 0 atom stereocenters. The average Bonchev–Trinajstić information content (AvgIpc) is 3.28. The first-order valence-corrected chi connectivity index (χ1v) is 14.8. The van der Waals surface area contributed by atoms with E-state index in [0.717, 1.165) is 35.3 Å². The van der Waals surface area contributed by atoms with Crippen molar-refractivity contribution in [1.82, 2.24) is 0 Å². The Bertz CT molecular complexity index is 762. The van der Waals surface area contributed by atoms with Gasteiger partial charge in [-0.05, 0) is 79.8 Å². The Morgan fingerprint density at radius 2 is 1.39 bits per heavy atom. The van der Waals surface area contributed by atoms with Gasteiger partial charge in [-0.15, -0.1) is 0 Å². The van der Waals surface area contributed by atoms with Crippen LogP contribution >= 0.6 is 7.05 Å². The van der Waals surface area contributed by atoms with Gasteiger partial charge in [-0.25, -0.2) is 0 Å². The van der Waals surface area contributed by atoms with Gasteiger partial charge in [0.15, 0.2) is 0 Å². The maximum Gasteiger partial charge on any atom is 0.0425 e. The molecule has 33 heavy (non-hydrogen) atoms. The molecule has 1 aliphatic rings. The van der Waals surface area contributed by atoms with Crippen LogP contribution in [0.1, 0.15) is 72.8 Å². The minimum atomic E-state index is -1.19. The molecule has 0 aromatic heterocycles. The molecule has 182 valence electrons. The molecule has 0 radical (unpaired) electrons. The second kappa shape index (κ2) is 17.5. The molecule has 3 heteroatoms. The first kappa shape index (κ1) is 32.1. The fourth-order valence-corrected chi connectivity index (χ4v) is 8.19. The topological polar surface area (TPSA) is 12.4 Å². The first-order valence-electron chi connectivity index (χ1n) is 12.5. The predicted octanol–water partition coefficient (Wildman–Crippen LogP) is 10.1. The molecule has 0 fully saturated rings. The predicted molar refractivity (Wildman–Crippen MR) is 150 cm³/mol. The van der Waals surface area contributed by atoms with Gasteiger partial charge in [0.1, 0.15) is 0 Å². The maximum atomic E-state index is 5.43. The summed E-state index contributed by atoms with van der Waals surface area (Å²) in [5, 5.41) is 0. The molecule has 0 amide bonds. The summed E-state index contributed by atoms with van der Waals surface area (Å²) in [7, 11) is -1.19. The molecule has 0 unspecified atom stereocenters. The number of hydrogen-bond donors (Lipinski definition) is 0. The van der Waals surface area contributed by atoms with Crippen LogP contribution in [0.2, 0.25) is 0 Å². The van der Waals surface area contributed by atoms with Crippen molar-refractivity contribution in [2.75, 3.05) is 18.5 Å². The zero-order valence-electron chi connectivity index (χ0n) is 22.2. The van der Waals surface area contributed by atoms with Crippen LogP contribution in [0.5, 0.6) is 0 Å². The van der Waals surface area contributed by atoms with Gasteiger partial charge in [-0.2, -0.15) is 0 Å². The second-order valence-electron chi connectivity index (χ2n) is 10.3. The normalized spacial score (nSPS) is 12.8. The van der Waals surface area contributed by atoms with E-state index in [-0.39, 0.29) is 21.7 Å². The summed E-state index contributed by atoms with van der Waals surface area (Å²) in [5.41, 5.74) is 3.46. The number of hydrogen-bond acceptors (Lipinski definition) is 1. The smallest absolute Gasteiger partial charge is 0.0425 e. The average molecular weight is 502 g/mol. The number of allylic oxidation sites excluding steroid dienone is 5. The van der Waals surface area contributed by atoms with E-state index in [1.165, 1.54) is 43.4 Å². The van der Waals surface area contributed by atoms with E-state index in [1.807, 2.05) is 30.3 Å². The van der Waals surface area contributed by atoms with E-state index in [0.29, 0.717) is 0 Å². The van der Waals surface area contributed by atoms with Crippen LogP contribution in [0.25, 0.3) is 5.57 Å². The van der Waals surface area contributed by atoms with Crippen molar-refractivity contribution >= 4 is 12.6 Å². The summed E-state index contributed by atoms with van der Waals surface area (Å²) in [4.78, 5) is 0. The van der Waals surface area contributed by atoms with Crippen LogP contribution in [0, 0.1) is 17.8 Å². The molecule has 2 rings (SSSR count). The second-order valence-corrected chi connectivity index (χ2v) is 14.0. The molecule has 0 saturated carbocycles. The van der Waals surface area contributed by atoms with E-state index in [4.69, 9.17) is 4.74 Å². The Balaban J connectivity index is 0.000000779. The third-order valence-electron chi connectivity index (χ3n) is 5.85. The zero-order chi connectivity index (χ0) is 24.0. The third kappa shape index (κ3) is 14.2. The van der Waals surface area contributed by atoms with Crippen LogP contribution in [0.4, 0.5) is 0 Å². The first-order chi connectivity index (χ1) is 15.2. The van der Waals surface area contributed by atoms with Crippen molar-refractivity contribution in [3.63, 3.8) is 0 Å². The van der Waals surface area contributed by atoms with Gasteiger partial charge in [0, 0.05) is 33.8 Å². The van der Waals surface area contributed by atoms with Crippen LogP contribution in [0.15, 0.2) is 78.2 Å². The summed E-state index contributed by atoms with van der Waals surface area (Å²) >= 11 is 0.